The second-order valence-electron chi connectivity index (χ2n) is 5.33. The van der Waals surface area contributed by atoms with Crippen molar-refractivity contribution in [1.82, 2.24) is 15.0 Å². The summed E-state index contributed by atoms with van der Waals surface area (Å²) < 4.78 is 19.0. The van der Waals surface area contributed by atoms with Gasteiger partial charge in [0.05, 0.1) is 30.0 Å². The molecule has 0 fully saturated rings. The summed E-state index contributed by atoms with van der Waals surface area (Å²) in [6.07, 6.45) is 5.57. The highest BCUT2D eigenvalue weighted by Gasteiger charge is 2.16. The summed E-state index contributed by atoms with van der Waals surface area (Å²) in [7, 11) is 0. The second kappa shape index (κ2) is 8.00. The Bertz CT molecular complexity index is 1000. The zero-order chi connectivity index (χ0) is 19.2. The highest BCUT2D eigenvalue weighted by Crippen LogP contribution is 2.26. The summed E-state index contributed by atoms with van der Waals surface area (Å²) in [5.41, 5.74) is 5.60. The van der Waals surface area contributed by atoms with Crippen LogP contribution in [-0.2, 0) is 0 Å². The van der Waals surface area contributed by atoms with E-state index in [1.54, 1.807) is 18.3 Å². The molecule has 0 bridgehead atoms. The van der Waals surface area contributed by atoms with Gasteiger partial charge in [-0.05, 0) is 37.3 Å². The summed E-state index contributed by atoms with van der Waals surface area (Å²) in [6.45, 7) is 1.50. The molecule has 0 saturated carbocycles. The molecule has 0 aliphatic rings. The first-order chi connectivity index (χ1) is 13.1. The van der Waals surface area contributed by atoms with Crippen molar-refractivity contribution >= 4 is 23.9 Å². The first-order valence-corrected chi connectivity index (χ1v) is 7.83. The van der Waals surface area contributed by atoms with Gasteiger partial charge in [-0.15, -0.1) is 0 Å². The quantitative estimate of drug-likeness (QED) is 0.528. The molecule has 0 saturated heterocycles. The van der Waals surface area contributed by atoms with E-state index < -0.39 is 11.7 Å². The molecular weight excluding hydrogens is 351 g/mol. The average Bonchev–Trinajstić information content (AvgIpc) is 2.67. The Morgan fingerprint density at radius 1 is 1.33 bits per heavy atom. The van der Waals surface area contributed by atoms with Crippen LogP contribution in [0.15, 0.2) is 53.9 Å². The zero-order valence-corrected chi connectivity index (χ0v) is 14.3. The molecule has 3 heterocycles. The van der Waals surface area contributed by atoms with Gasteiger partial charge in [-0.1, -0.05) is 0 Å². The number of carbonyl (C=O) groups is 1. The van der Waals surface area contributed by atoms with Crippen molar-refractivity contribution in [2.45, 2.75) is 6.92 Å². The number of halogens is 1. The van der Waals surface area contributed by atoms with Gasteiger partial charge in [-0.3, -0.25) is 9.78 Å². The van der Waals surface area contributed by atoms with E-state index >= 15 is 0 Å². The van der Waals surface area contributed by atoms with Crippen LogP contribution in [0, 0.1) is 12.7 Å². The molecule has 1 amide bonds. The van der Waals surface area contributed by atoms with Crippen molar-refractivity contribution in [2.75, 3.05) is 5.32 Å². The molecule has 0 aliphatic heterocycles. The third-order valence-corrected chi connectivity index (χ3v) is 3.42. The Balaban J connectivity index is 0.00000280. The SMILES string of the molecule is Cc1nc(NC(=O)c2cc(Oc3cccnc3)cnc2/N=C\N)ccc1F.[HH]. The second-order valence-corrected chi connectivity index (χ2v) is 5.33. The number of nitrogens with zero attached hydrogens (tertiary/aromatic N) is 4. The van der Waals surface area contributed by atoms with Crippen molar-refractivity contribution in [2.24, 2.45) is 10.7 Å². The Labute approximate surface area is 155 Å². The molecule has 0 unspecified atom stereocenters. The van der Waals surface area contributed by atoms with E-state index in [-0.39, 0.29) is 24.3 Å². The van der Waals surface area contributed by atoms with Gasteiger partial charge in [0.1, 0.15) is 23.1 Å². The molecule has 0 spiro atoms. The number of carbonyl (C=O) groups excluding carboxylic acids is 1. The molecule has 138 valence electrons. The summed E-state index contributed by atoms with van der Waals surface area (Å²) in [5.74, 6) is 0.0876. The summed E-state index contributed by atoms with van der Waals surface area (Å²) in [4.78, 5) is 28.5. The van der Waals surface area contributed by atoms with Crippen molar-refractivity contribution in [3.8, 4) is 11.5 Å². The van der Waals surface area contributed by atoms with Crippen LogP contribution < -0.4 is 15.8 Å². The number of aromatic nitrogens is 3. The van der Waals surface area contributed by atoms with Crippen LogP contribution in [0.25, 0.3) is 0 Å². The molecule has 3 rings (SSSR count). The molecule has 3 N–H and O–H groups in total. The van der Waals surface area contributed by atoms with Crippen LogP contribution in [-0.4, -0.2) is 27.2 Å². The number of hydrogen-bond acceptors (Lipinski definition) is 6. The summed E-state index contributed by atoms with van der Waals surface area (Å²) in [6, 6.07) is 7.47. The van der Waals surface area contributed by atoms with Gasteiger partial charge in [0, 0.05) is 7.62 Å². The predicted octanol–water partition coefficient (Wildman–Crippen LogP) is 3.23. The van der Waals surface area contributed by atoms with Crippen LogP contribution in [0.5, 0.6) is 11.5 Å². The molecule has 0 aliphatic carbocycles. The lowest BCUT2D eigenvalue weighted by Gasteiger charge is -2.10. The molecule has 3 aromatic heterocycles. The fourth-order valence-corrected chi connectivity index (χ4v) is 2.18. The third kappa shape index (κ3) is 4.40. The van der Waals surface area contributed by atoms with Crippen LogP contribution in [0.4, 0.5) is 16.0 Å². The van der Waals surface area contributed by atoms with E-state index in [1.165, 1.54) is 37.5 Å². The van der Waals surface area contributed by atoms with E-state index in [4.69, 9.17) is 10.5 Å². The molecular formula is C18H17FN6O2. The van der Waals surface area contributed by atoms with Crippen LogP contribution in [0.2, 0.25) is 0 Å². The molecule has 27 heavy (non-hydrogen) atoms. The van der Waals surface area contributed by atoms with Crippen LogP contribution in [0.3, 0.4) is 0 Å². The number of nitrogens with two attached hydrogens (primary N) is 1. The Morgan fingerprint density at radius 2 is 2.19 bits per heavy atom. The monoisotopic (exact) mass is 368 g/mol. The number of aryl methyl sites for hydroxylation is 1. The first kappa shape index (κ1) is 17.9. The number of nitrogens with one attached hydrogen (secondary N) is 1. The van der Waals surface area contributed by atoms with E-state index in [0.29, 0.717) is 11.5 Å². The lowest BCUT2D eigenvalue weighted by molar-refractivity contribution is 0.102. The fourth-order valence-electron chi connectivity index (χ4n) is 2.18. The highest BCUT2D eigenvalue weighted by molar-refractivity contribution is 6.07. The van der Waals surface area contributed by atoms with Gasteiger partial charge in [0.15, 0.2) is 5.82 Å². The van der Waals surface area contributed by atoms with Gasteiger partial charge in [0.25, 0.3) is 5.91 Å². The zero-order valence-electron chi connectivity index (χ0n) is 14.3. The predicted molar refractivity (Wildman–Crippen MR) is 99.9 cm³/mol. The minimum absolute atomic E-state index is 0. The van der Waals surface area contributed by atoms with Crippen molar-refractivity contribution < 1.29 is 15.3 Å². The van der Waals surface area contributed by atoms with Crippen LogP contribution >= 0.6 is 0 Å². The number of ether oxygens (including phenoxy) is 1. The van der Waals surface area contributed by atoms with Gasteiger partial charge < -0.3 is 15.8 Å². The number of aliphatic imine (C=N–C) groups is 1. The maximum Gasteiger partial charge on any atom is 0.260 e. The summed E-state index contributed by atoms with van der Waals surface area (Å²) >= 11 is 0. The Hall–Kier alpha value is -3.88. The number of anilines is 1. The lowest BCUT2D eigenvalue weighted by Crippen LogP contribution is -2.14. The van der Waals surface area contributed by atoms with E-state index in [0.717, 1.165) is 6.34 Å². The lowest BCUT2D eigenvalue weighted by atomic mass is 10.2. The molecule has 8 nitrogen and oxygen atoms in total. The average molecular weight is 368 g/mol. The molecule has 0 radical (unpaired) electrons. The van der Waals surface area contributed by atoms with Crippen molar-refractivity contribution in [3.63, 3.8) is 0 Å². The Morgan fingerprint density at radius 3 is 2.89 bits per heavy atom. The fraction of sp³-hybridized carbons (Fsp3) is 0.0556. The largest absolute Gasteiger partial charge is 0.454 e. The van der Waals surface area contributed by atoms with E-state index in [1.807, 2.05) is 0 Å². The number of amides is 1. The first-order valence-electron chi connectivity index (χ1n) is 7.83. The molecule has 0 atom stereocenters. The number of hydrogen-bond donors (Lipinski definition) is 2. The number of rotatable bonds is 5. The van der Waals surface area contributed by atoms with Gasteiger partial charge in [0.2, 0.25) is 0 Å². The molecule has 9 heteroatoms. The number of pyridine rings is 3. The maximum atomic E-state index is 13.3. The van der Waals surface area contributed by atoms with E-state index in [9.17, 15) is 9.18 Å². The standard InChI is InChI=1S/C18H15FN6O2.H2/c1-11-15(19)4-5-16(24-11)25-18(26)14-7-13(9-22-17(14)23-10-20)27-12-3-2-6-21-8-12;/h2-10H,1H3,(H2,20,22,23)(H,24,25,26);1H. The third-order valence-electron chi connectivity index (χ3n) is 3.42. The Kier molecular flexibility index (Phi) is 5.31. The van der Waals surface area contributed by atoms with Crippen molar-refractivity contribution in [3.05, 3.63) is 66.0 Å². The smallest absolute Gasteiger partial charge is 0.260 e. The van der Waals surface area contributed by atoms with Gasteiger partial charge in [-0.2, -0.15) is 0 Å². The normalized spacial score (nSPS) is 10.7. The minimum Gasteiger partial charge on any atom is -0.454 e. The topological polar surface area (TPSA) is 115 Å². The maximum absolute atomic E-state index is 13.3. The van der Waals surface area contributed by atoms with E-state index in [2.05, 4.69) is 25.3 Å². The van der Waals surface area contributed by atoms with Crippen molar-refractivity contribution in [1.29, 1.82) is 0 Å². The van der Waals surface area contributed by atoms with Crippen LogP contribution in [0.1, 0.15) is 17.5 Å². The summed E-state index contributed by atoms with van der Waals surface area (Å²) in [5, 5.41) is 2.58. The van der Waals surface area contributed by atoms with Gasteiger partial charge in [-0.25, -0.2) is 19.4 Å². The minimum atomic E-state index is -0.543. The van der Waals surface area contributed by atoms with Gasteiger partial charge >= 0.3 is 0 Å². The highest BCUT2D eigenvalue weighted by atomic mass is 19.1. The molecule has 3 aromatic rings. The molecule has 0 aromatic carbocycles.